The van der Waals surface area contributed by atoms with Gasteiger partial charge < -0.3 is 5.32 Å². The molecule has 0 heterocycles. The summed E-state index contributed by atoms with van der Waals surface area (Å²) in [7, 11) is -3.38. The number of benzene rings is 2. The van der Waals surface area contributed by atoms with Crippen LogP contribution >= 0.6 is 27.5 Å². The number of nitrogens with one attached hydrogen (secondary N) is 1. The molecule has 0 aliphatic heterocycles. The summed E-state index contributed by atoms with van der Waals surface area (Å²) in [6.45, 7) is 0.288. The highest BCUT2D eigenvalue weighted by Gasteiger charge is 2.11. The SMILES string of the molecule is CS(=O)(=O)c1ccc(F)c(NCc2ccc(Br)cc2Cl)c1. The molecule has 7 heteroatoms. The summed E-state index contributed by atoms with van der Waals surface area (Å²) in [4.78, 5) is 0.0632. The Morgan fingerprint density at radius 2 is 1.95 bits per heavy atom. The Morgan fingerprint density at radius 3 is 2.57 bits per heavy atom. The Hall–Kier alpha value is -1.11. The van der Waals surface area contributed by atoms with Gasteiger partial charge in [-0.05, 0) is 35.9 Å². The van der Waals surface area contributed by atoms with Crippen LogP contribution in [0.3, 0.4) is 0 Å². The van der Waals surface area contributed by atoms with Gasteiger partial charge in [-0.15, -0.1) is 0 Å². The molecule has 0 atom stereocenters. The monoisotopic (exact) mass is 391 g/mol. The first kappa shape index (κ1) is 16.3. The van der Waals surface area contributed by atoms with Gasteiger partial charge in [-0.25, -0.2) is 12.8 Å². The molecule has 112 valence electrons. The van der Waals surface area contributed by atoms with Gasteiger partial charge in [-0.3, -0.25) is 0 Å². The third kappa shape index (κ3) is 4.18. The minimum absolute atomic E-state index is 0.0632. The van der Waals surface area contributed by atoms with Crippen LogP contribution in [-0.2, 0) is 16.4 Å². The lowest BCUT2D eigenvalue weighted by Crippen LogP contribution is -2.04. The first-order chi connectivity index (χ1) is 9.77. The summed E-state index contributed by atoms with van der Waals surface area (Å²) in [6.07, 6.45) is 1.08. The Bertz CT molecular complexity index is 781. The summed E-state index contributed by atoms with van der Waals surface area (Å²) >= 11 is 9.38. The van der Waals surface area contributed by atoms with Crippen LogP contribution < -0.4 is 5.32 Å². The lowest BCUT2D eigenvalue weighted by atomic mass is 10.2. The van der Waals surface area contributed by atoms with E-state index in [2.05, 4.69) is 21.2 Å². The van der Waals surface area contributed by atoms with Gasteiger partial charge in [0.25, 0.3) is 0 Å². The van der Waals surface area contributed by atoms with Crippen molar-refractivity contribution in [3.63, 3.8) is 0 Å². The molecule has 0 aromatic heterocycles. The predicted octanol–water partition coefficient (Wildman–Crippen LogP) is 4.26. The molecule has 0 unspecified atom stereocenters. The molecule has 0 amide bonds. The quantitative estimate of drug-likeness (QED) is 0.791. The molecule has 0 spiro atoms. The average Bonchev–Trinajstić information content (AvgIpc) is 2.38. The number of anilines is 1. The summed E-state index contributed by atoms with van der Waals surface area (Å²) in [5.74, 6) is -0.518. The van der Waals surface area contributed by atoms with Gasteiger partial charge in [0.15, 0.2) is 9.84 Å². The predicted molar refractivity (Wildman–Crippen MR) is 86.0 cm³/mol. The molecule has 0 aliphatic rings. The van der Waals surface area contributed by atoms with Crippen LogP contribution in [0.15, 0.2) is 45.8 Å². The van der Waals surface area contributed by atoms with Crippen molar-refractivity contribution < 1.29 is 12.8 Å². The van der Waals surface area contributed by atoms with E-state index in [0.29, 0.717) is 5.02 Å². The molecule has 2 aromatic rings. The van der Waals surface area contributed by atoms with Crippen molar-refractivity contribution >= 4 is 43.1 Å². The van der Waals surface area contributed by atoms with E-state index >= 15 is 0 Å². The van der Waals surface area contributed by atoms with E-state index in [-0.39, 0.29) is 17.1 Å². The fourth-order valence-corrected chi connectivity index (χ4v) is 3.11. The maximum atomic E-state index is 13.7. The Labute approximate surface area is 136 Å². The van der Waals surface area contributed by atoms with Crippen LogP contribution in [0.25, 0.3) is 0 Å². The summed E-state index contributed by atoms with van der Waals surface area (Å²) in [6, 6.07) is 9.01. The van der Waals surface area contributed by atoms with Gasteiger partial charge in [0, 0.05) is 22.3 Å². The molecule has 2 aromatic carbocycles. The number of halogens is 3. The molecule has 0 radical (unpaired) electrons. The van der Waals surface area contributed by atoms with E-state index in [9.17, 15) is 12.8 Å². The Morgan fingerprint density at radius 1 is 1.24 bits per heavy atom. The van der Waals surface area contributed by atoms with Crippen molar-refractivity contribution in [2.45, 2.75) is 11.4 Å². The lowest BCUT2D eigenvalue weighted by molar-refractivity contribution is 0.600. The normalized spacial score (nSPS) is 11.4. The first-order valence-corrected chi connectivity index (χ1v) is 9.01. The van der Waals surface area contributed by atoms with Crippen molar-refractivity contribution in [1.29, 1.82) is 0 Å². The molecule has 21 heavy (non-hydrogen) atoms. The number of sulfone groups is 1. The zero-order chi connectivity index (χ0) is 15.6. The summed E-state index contributed by atoms with van der Waals surface area (Å²) in [5, 5.41) is 3.40. The van der Waals surface area contributed by atoms with E-state index in [4.69, 9.17) is 11.6 Å². The molecular weight excluding hydrogens is 381 g/mol. The number of hydrogen-bond donors (Lipinski definition) is 1. The van der Waals surface area contributed by atoms with Crippen LogP contribution in [0, 0.1) is 5.82 Å². The molecule has 0 saturated carbocycles. The first-order valence-electron chi connectivity index (χ1n) is 5.95. The van der Waals surface area contributed by atoms with Crippen molar-refractivity contribution in [3.8, 4) is 0 Å². The van der Waals surface area contributed by atoms with Gasteiger partial charge in [-0.1, -0.05) is 33.6 Å². The van der Waals surface area contributed by atoms with E-state index in [0.717, 1.165) is 22.4 Å². The molecule has 0 fully saturated rings. The highest BCUT2D eigenvalue weighted by molar-refractivity contribution is 9.10. The van der Waals surface area contributed by atoms with Gasteiger partial charge in [0.05, 0.1) is 10.6 Å². The lowest BCUT2D eigenvalue weighted by Gasteiger charge is -2.10. The van der Waals surface area contributed by atoms with Crippen LogP contribution in [0.5, 0.6) is 0 Å². The second kappa shape index (κ2) is 6.34. The van der Waals surface area contributed by atoms with E-state index in [1.807, 2.05) is 6.07 Å². The smallest absolute Gasteiger partial charge is 0.175 e. The number of hydrogen-bond acceptors (Lipinski definition) is 3. The minimum atomic E-state index is -3.38. The minimum Gasteiger partial charge on any atom is -0.379 e. The maximum absolute atomic E-state index is 13.7. The fraction of sp³-hybridized carbons (Fsp3) is 0.143. The molecule has 3 nitrogen and oxygen atoms in total. The third-order valence-corrected chi connectivity index (χ3v) is 4.81. The van der Waals surface area contributed by atoms with Crippen LogP contribution in [0.1, 0.15) is 5.56 Å². The second-order valence-corrected chi connectivity index (χ2v) is 7.84. The standard InChI is InChI=1S/C14H12BrClFNO2S/c1-21(19,20)11-4-5-13(17)14(7-11)18-8-9-2-3-10(15)6-12(9)16/h2-7,18H,8H2,1H3. The van der Waals surface area contributed by atoms with Crippen molar-refractivity contribution in [2.75, 3.05) is 11.6 Å². The molecule has 0 bridgehead atoms. The van der Waals surface area contributed by atoms with Crippen LogP contribution in [0.4, 0.5) is 10.1 Å². The molecule has 2 rings (SSSR count). The largest absolute Gasteiger partial charge is 0.379 e. The van der Waals surface area contributed by atoms with Gasteiger partial charge in [-0.2, -0.15) is 0 Å². The van der Waals surface area contributed by atoms with Gasteiger partial charge >= 0.3 is 0 Å². The summed E-state index contributed by atoms with van der Waals surface area (Å²) in [5.41, 5.74) is 0.904. The Balaban J connectivity index is 2.23. The molecule has 1 N–H and O–H groups in total. The maximum Gasteiger partial charge on any atom is 0.175 e. The zero-order valence-corrected chi connectivity index (χ0v) is 14.2. The highest BCUT2D eigenvalue weighted by atomic mass is 79.9. The van der Waals surface area contributed by atoms with E-state index < -0.39 is 15.7 Å². The average molecular weight is 393 g/mol. The van der Waals surface area contributed by atoms with Crippen molar-refractivity contribution in [3.05, 3.63) is 57.3 Å². The van der Waals surface area contributed by atoms with E-state index in [1.54, 1.807) is 12.1 Å². The third-order valence-electron chi connectivity index (χ3n) is 2.85. The van der Waals surface area contributed by atoms with Gasteiger partial charge in [0.2, 0.25) is 0 Å². The van der Waals surface area contributed by atoms with Crippen LogP contribution in [0.2, 0.25) is 5.02 Å². The summed E-state index contributed by atoms with van der Waals surface area (Å²) < 4.78 is 37.5. The van der Waals surface area contributed by atoms with Crippen molar-refractivity contribution in [1.82, 2.24) is 0 Å². The number of rotatable bonds is 4. The highest BCUT2D eigenvalue weighted by Crippen LogP contribution is 2.24. The topological polar surface area (TPSA) is 46.2 Å². The molecular formula is C14H12BrClFNO2S. The van der Waals surface area contributed by atoms with Crippen molar-refractivity contribution in [2.24, 2.45) is 0 Å². The zero-order valence-electron chi connectivity index (χ0n) is 11.0. The van der Waals surface area contributed by atoms with E-state index in [1.165, 1.54) is 12.1 Å². The second-order valence-electron chi connectivity index (χ2n) is 4.50. The molecule has 0 saturated heterocycles. The van der Waals surface area contributed by atoms with Crippen LogP contribution in [-0.4, -0.2) is 14.7 Å². The Kier molecular flexibility index (Phi) is 4.91. The molecule has 0 aliphatic carbocycles. The fourth-order valence-electron chi connectivity index (χ4n) is 1.73. The van der Waals surface area contributed by atoms with Gasteiger partial charge in [0.1, 0.15) is 5.82 Å².